The van der Waals surface area contributed by atoms with E-state index in [1.165, 1.54) is 6.07 Å². The van der Waals surface area contributed by atoms with E-state index in [4.69, 9.17) is 0 Å². The summed E-state index contributed by atoms with van der Waals surface area (Å²) in [4.78, 5) is 0. The average Bonchev–Trinajstić information content (AvgIpc) is 2.57. The van der Waals surface area contributed by atoms with Gasteiger partial charge >= 0.3 is 0 Å². The zero-order valence-electron chi connectivity index (χ0n) is 8.16. The molecule has 0 unspecified atom stereocenters. The lowest BCUT2D eigenvalue weighted by Crippen LogP contribution is -1.94. The Hall–Kier alpha value is -1.64. The summed E-state index contributed by atoms with van der Waals surface area (Å²) in [5, 5.41) is 4.07. The summed E-state index contributed by atoms with van der Waals surface area (Å²) in [5.41, 5.74) is 2.64. The van der Waals surface area contributed by atoms with E-state index in [0.717, 1.165) is 11.3 Å². The van der Waals surface area contributed by atoms with E-state index in [9.17, 15) is 4.39 Å². The fourth-order valence-corrected chi connectivity index (χ4v) is 1.46. The Kier molecular flexibility index (Phi) is 2.08. The van der Waals surface area contributed by atoms with Crippen LogP contribution in [0.5, 0.6) is 0 Å². The number of nitrogens with zero attached hydrogens (tertiary/aromatic N) is 2. The Balaban J connectivity index is 2.53. The zero-order valence-corrected chi connectivity index (χ0v) is 8.16. The van der Waals surface area contributed by atoms with Crippen molar-refractivity contribution >= 4 is 0 Å². The molecule has 2 aromatic rings. The minimum Gasteiger partial charge on any atom is -0.268 e. The molecule has 0 amide bonds. The molecule has 0 spiro atoms. The highest BCUT2D eigenvalue weighted by atomic mass is 19.1. The molecule has 0 aliphatic heterocycles. The lowest BCUT2D eigenvalue weighted by molar-refractivity contribution is 0.618. The molecule has 0 bridgehead atoms. The van der Waals surface area contributed by atoms with Crippen LogP contribution < -0.4 is 0 Å². The van der Waals surface area contributed by atoms with Gasteiger partial charge in [0.05, 0.1) is 5.69 Å². The molecular weight excluding hydrogens is 179 g/mol. The van der Waals surface area contributed by atoms with Crippen molar-refractivity contribution in [1.29, 1.82) is 0 Å². The lowest BCUT2D eigenvalue weighted by Gasteiger charge is -2.03. The molecule has 0 aliphatic rings. The Labute approximate surface area is 82.0 Å². The maximum atomic E-state index is 13.0. The van der Waals surface area contributed by atoms with Crippen molar-refractivity contribution in [2.75, 3.05) is 0 Å². The average molecular weight is 190 g/mol. The molecule has 0 radical (unpaired) electrons. The SMILES string of the molecule is Cc1cc(-c2ccnn2C)ccc1F. The van der Waals surface area contributed by atoms with Gasteiger partial charge in [-0.05, 0) is 36.8 Å². The van der Waals surface area contributed by atoms with E-state index in [1.807, 2.05) is 19.2 Å². The van der Waals surface area contributed by atoms with Gasteiger partial charge in [-0.15, -0.1) is 0 Å². The molecule has 0 aliphatic carbocycles. The van der Waals surface area contributed by atoms with Gasteiger partial charge in [0.25, 0.3) is 0 Å². The van der Waals surface area contributed by atoms with Crippen LogP contribution in [0.15, 0.2) is 30.5 Å². The monoisotopic (exact) mass is 190 g/mol. The van der Waals surface area contributed by atoms with Gasteiger partial charge in [-0.1, -0.05) is 0 Å². The fraction of sp³-hybridized carbons (Fsp3) is 0.182. The van der Waals surface area contributed by atoms with Crippen molar-refractivity contribution in [3.8, 4) is 11.3 Å². The molecule has 0 fully saturated rings. The first-order valence-electron chi connectivity index (χ1n) is 4.43. The molecule has 1 aromatic carbocycles. The van der Waals surface area contributed by atoms with Crippen molar-refractivity contribution in [2.45, 2.75) is 6.92 Å². The molecule has 0 atom stereocenters. The van der Waals surface area contributed by atoms with Crippen LogP contribution in [0.1, 0.15) is 5.56 Å². The number of rotatable bonds is 1. The predicted octanol–water partition coefficient (Wildman–Crippen LogP) is 2.53. The van der Waals surface area contributed by atoms with Crippen LogP contribution in [-0.2, 0) is 7.05 Å². The van der Waals surface area contributed by atoms with Gasteiger partial charge in [-0.2, -0.15) is 5.10 Å². The summed E-state index contributed by atoms with van der Waals surface area (Å²) in [6, 6.07) is 6.98. The van der Waals surface area contributed by atoms with Gasteiger partial charge in [-0.3, -0.25) is 4.68 Å². The summed E-state index contributed by atoms with van der Waals surface area (Å²) < 4.78 is 14.8. The highest BCUT2D eigenvalue weighted by Crippen LogP contribution is 2.20. The molecular formula is C11H11FN2. The van der Waals surface area contributed by atoms with Gasteiger partial charge in [0.2, 0.25) is 0 Å². The molecule has 1 aromatic heterocycles. The van der Waals surface area contributed by atoms with Gasteiger partial charge < -0.3 is 0 Å². The lowest BCUT2D eigenvalue weighted by atomic mass is 10.1. The van der Waals surface area contributed by atoms with Crippen molar-refractivity contribution in [3.05, 3.63) is 41.8 Å². The van der Waals surface area contributed by atoms with Gasteiger partial charge in [0, 0.05) is 18.8 Å². The maximum Gasteiger partial charge on any atom is 0.126 e. The highest BCUT2D eigenvalue weighted by Gasteiger charge is 2.04. The third kappa shape index (κ3) is 1.41. The van der Waals surface area contributed by atoms with E-state index in [-0.39, 0.29) is 5.82 Å². The summed E-state index contributed by atoms with van der Waals surface area (Å²) >= 11 is 0. The van der Waals surface area contributed by atoms with Crippen molar-refractivity contribution in [1.82, 2.24) is 9.78 Å². The third-order valence-electron chi connectivity index (χ3n) is 2.27. The number of benzene rings is 1. The van der Waals surface area contributed by atoms with Crippen molar-refractivity contribution < 1.29 is 4.39 Å². The summed E-state index contributed by atoms with van der Waals surface area (Å²) in [6.45, 7) is 1.76. The number of aryl methyl sites for hydroxylation is 2. The third-order valence-corrected chi connectivity index (χ3v) is 2.27. The minimum absolute atomic E-state index is 0.170. The number of hydrogen-bond acceptors (Lipinski definition) is 1. The minimum atomic E-state index is -0.170. The predicted molar refractivity (Wildman–Crippen MR) is 53.3 cm³/mol. The second-order valence-electron chi connectivity index (χ2n) is 3.30. The summed E-state index contributed by atoms with van der Waals surface area (Å²) in [6.07, 6.45) is 1.73. The molecule has 14 heavy (non-hydrogen) atoms. The van der Waals surface area contributed by atoms with Gasteiger partial charge in [-0.25, -0.2) is 4.39 Å². The maximum absolute atomic E-state index is 13.0. The van der Waals surface area contributed by atoms with E-state index >= 15 is 0 Å². The van der Waals surface area contributed by atoms with Crippen LogP contribution >= 0.6 is 0 Å². The quantitative estimate of drug-likeness (QED) is 0.675. The van der Waals surface area contributed by atoms with Crippen molar-refractivity contribution in [3.63, 3.8) is 0 Å². The molecule has 1 heterocycles. The molecule has 72 valence electrons. The van der Waals surface area contributed by atoms with E-state index in [0.29, 0.717) is 5.56 Å². The molecule has 2 rings (SSSR count). The van der Waals surface area contributed by atoms with Crippen molar-refractivity contribution in [2.24, 2.45) is 7.05 Å². The fourth-order valence-electron chi connectivity index (χ4n) is 1.46. The van der Waals surface area contributed by atoms with Crippen LogP contribution in [-0.4, -0.2) is 9.78 Å². The van der Waals surface area contributed by atoms with Crippen LogP contribution in [0.3, 0.4) is 0 Å². The van der Waals surface area contributed by atoms with Crippen LogP contribution in [0, 0.1) is 12.7 Å². The molecule has 2 nitrogen and oxygen atoms in total. The normalized spacial score (nSPS) is 10.5. The summed E-state index contributed by atoms with van der Waals surface area (Å²) in [5.74, 6) is -0.170. The Morgan fingerprint density at radius 2 is 2.07 bits per heavy atom. The van der Waals surface area contributed by atoms with Crippen LogP contribution in [0.2, 0.25) is 0 Å². The second kappa shape index (κ2) is 3.25. The number of halogens is 1. The van der Waals surface area contributed by atoms with Gasteiger partial charge in [0.15, 0.2) is 0 Å². The molecule has 3 heteroatoms. The Bertz CT molecular complexity index is 460. The largest absolute Gasteiger partial charge is 0.268 e. The molecule has 0 saturated heterocycles. The first-order valence-corrected chi connectivity index (χ1v) is 4.43. The van der Waals surface area contributed by atoms with Gasteiger partial charge in [0.1, 0.15) is 5.82 Å². The standard InChI is InChI=1S/C11H11FN2/c1-8-7-9(3-4-10(8)12)11-5-6-13-14(11)2/h3-7H,1-2H3. The highest BCUT2D eigenvalue weighted by molar-refractivity contribution is 5.60. The second-order valence-corrected chi connectivity index (χ2v) is 3.30. The smallest absolute Gasteiger partial charge is 0.126 e. The zero-order chi connectivity index (χ0) is 10.1. The number of aromatic nitrogens is 2. The Morgan fingerprint density at radius 3 is 2.64 bits per heavy atom. The number of hydrogen-bond donors (Lipinski definition) is 0. The van der Waals surface area contributed by atoms with Crippen LogP contribution in [0.4, 0.5) is 4.39 Å². The first-order chi connectivity index (χ1) is 6.68. The first kappa shape index (κ1) is 8.94. The Morgan fingerprint density at radius 1 is 1.29 bits per heavy atom. The van der Waals surface area contributed by atoms with Crippen LogP contribution in [0.25, 0.3) is 11.3 Å². The van der Waals surface area contributed by atoms with E-state index in [2.05, 4.69) is 5.10 Å². The molecule has 0 N–H and O–H groups in total. The summed E-state index contributed by atoms with van der Waals surface area (Å²) in [7, 11) is 1.87. The van der Waals surface area contributed by atoms with E-state index < -0.39 is 0 Å². The topological polar surface area (TPSA) is 17.8 Å². The van der Waals surface area contributed by atoms with E-state index in [1.54, 1.807) is 23.9 Å². The molecule has 0 saturated carbocycles.